The third kappa shape index (κ3) is 3.48. The SMILES string of the molecule is CC(C)(C)N1C(=O)c2ccc(NC(=O)Nc3ccc(Br)cc3)cc2C1=O. The molecule has 2 N–H and O–H groups in total. The summed E-state index contributed by atoms with van der Waals surface area (Å²) in [5.41, 5.74) is 1.11. The summed E-state index contributed by atoms with van der Waals surface area (Å²) in [7, 11) is 0. The summed E-state index contributed by atoms with van der Waals surface area (Å²) in [6.07, 6.45) is 0. The molecule has 0 aliphatic carbocycles. The molecule has 0 unspecified atom stereocenters. The van der Waals surface area contributed by atoms with Crippen LogP contribution in [0.15, 0.2) is 46.9 Å². The topological polar surface area (TPSA) is 78.5 Å². The molecule has 0 fully saturated rings. The van der Waals surface area contributed by atoms with E-state index in [4.69, 9.17) is 0 Å². The number of benzene rings is 2. The van der Waals surface area contributed by atoms with Gasteiger partial charge in [-0.1, -0.05) is 15.9 Å². The van der Waals surface area contributed by atoms with Crippen molar-refractivity contribution in [1.29, 1.82) is 0 Å². The smallest absolute Gasteiger partial charge is 0.308 e. The Morgan fingerprint density at radius 3 is 2.04 bits per heavy atom. The maximum absolute atomic E-state index is 12.6. The minimum absolute atomic E-state index is 0.298. The van der Waals surface area contributed by atoms with Crippen molar-refractivity contribution in [3.05, 3.63) is 58.1 Å². The first-order chi connectivity index (χ1) is 12.2. The van der Waals surface area contributed by atoms with Crippen molar-refractivity contribution in [2.45, 2.75) is 26.3 Å². The van der Waals surface area contributed by atoms with Gasteiger partial charge in [-0.3, -0.25) is 14.5 Å². The van der Waals surface area contributed by atoms with Crippen LogP contribution in [0.25, 0.3) is 0 Å². The summed E-state index contributed by atoms with van der Waals surface area (Å²) in [4.78, 5) is 38.4. The van der Waals surface area contributed by atoms with Crippen molar-refractivity contribution in [3.63, 3.8) is 0 Å². The number of nitrogens with zero attached hydrogens (tertiary/aromatic N) is 1. The molecular formula is C19H18BrN3O3. The largest absolute Gasteiger partial charge is 0.323 e. The monoisotopic (exact) mass is 415 g/mol. The van der Waals surface area contributed by atoms with E-state index in [9.17, 15) is 14.4 Å². The molecule has 0 bridgehead atoms. The van der Waals surface area contributed by atoms with E-state index < -0.39 is 11.6 Å². The lowest BCUT2D eigenvalue weighted by Gasteiger charge is -2.29. The second-order valence-electron chi connectivity index (χ2n) is 6.96. The number of rotatable bonds is 2. The number of carbonyl (C=O) groups is 3. The van der Waals surface area contributed by atoms with E-state index in [0.717, 1.165) is 4.47 Å². The second-order valence-corrected chi connectivity index (χ2v) is 7.88. The summed E-state index contributed by atoms with van der Waals surface area (Å²) in [6.45, 7) is 5.42. The van der Waals surface area contributed by atoms with Crippen LogP contribution in [0.2, 0.25) is 0 Å². The molecule has 2 aromatic rings. The molecule has 1 aliphatic rings. The van der Waals surface area contributed by atoms with Gasteiger partial charge in [-0.2, -0.15) is 0 Å². The number of hydrogen-bond donors (Lipinski definition) is 2. The van der Waals surface area contributed by atoms with Crippen LogP contribution in [-0.2, 0) is 0 Å². The van der Waals surface area contributed by atoms with Crippen LogP contribution < -0.4 is 10.6 Å². The molecule has 4 amide bonds. The third-order valence-corrected chi connectivity index (χ3v) is 4.45. The summed E-state index contributed by atoms with van der Waals surface area (Å²) in [6, 6.07) is 11.4. The van der Waals surface area contributed by atoms with Crippen molar-refractivity contribution in [2.75, 3.05) is 10.6 Å². The van der Waals surface area contributed by atoms with Crippen LogP contribution in [0, 0.1) is 0 Å². The van der Waals surface area contributed by atoms with Crippen LogP contribution in [0.5, 0.6) is 0 Å². The molecule has 2 aromatic carbocycles. The highest BCUT2D eigenvalue weighted by atomic mass is 79.9. The van der Waals surface area contributed by atoms with Crippen LogP contribution in [0.4, 0.5) is 16.2 Å². The number of nitrogens with one attached hydrogen (secondary N) is 2. The molecule has 3 rings (SSSR count). The molecule has 1 heterocycles. The molecule has 1 aliphatic heterocycles. The summed E-state index contributed by atoms with van der Waals surface area (Å²) in [5, 5.41) is 5.39. The highest BCUT2D eigenvalue weighted by Gasteiger charge is 2.41. The number of urea groups is 1. The molecule has 6 nitrogen and oxygen atoms in total. The van der Waals surface area contributed by atoms with E-state index in [2.05, 4.69) is 26.6 Å². The number of imide groups is 1. The van der Waals surface area contributed by atoms with Crippen molar-refractivity contribution in [3.8, 4) is 0 Å². The Bertz CT molecular complexity index is 901. The van der Waals surface area contributed by atoms with Gasteiger partial charge in [0.15, 0.2) is 0 Å². The standard InChI is InChI=1S/C19H18BrN3O3/c1-19(2,3)23-16(24)14-9-8-13(10-15(14)17(23)25)22-18(26)21-12-6-4-11(20)5-7-12/h4-10H,1-3H3,(H2,21,22,26). The number of amides is 4. The summed E-state index contributed by atoms with van der Waals surface area (Å²) in [5.74, 6) is -0.669. The molecule has 26 heavy (non-hydrogen) atoms. The molecule has 7 heteroatoms. The number of hydrogen-bond acceptors (Lipinski definition) is 3. The predicted octanol–water partition coefficient (Wildman–Crippen LogP) is 4.49. The Balaban J connectivity index is 1.77. The Hall–Kier alpha value is -2.67. The van der Waals surface area contributed by atoms with Gasteiger partial charge in [-0.15, -0.1) is 0 Å². The van der Waals surface area contributed by atoms with Gasteiger partial charge in [0.2, 0.25) is 0 Å². The quantitative estimate of drug-likeness (QED) is 0.709. The van der Waals surface area contributed by atoms with E-state index in [-0.39, 0.29) is 11.8 Å². The average Bonchev–Trinajstić information content (AvgIpc) is 2.80. The summed E-state index contributed by atoms with van der Waals surface area (Å²) >= 11 is 3.33. The molecule has 0 radical (unpaired) electrons. The predicted molar refractivity (Wildman–Crippen MR) is 103 cm³/mol. The highest BCUT2D eigenvalue weighted by Crippen LogP contribution is 2.31. The van der Waals surface area contributed by atoms with Crippen LogP contribution >= 0.6 is 15.9 Å². The van der Waals surface area contributed by atoms with E-state index in [0.29, 0.717) is 22.5 Å². The first-order valence-electron chi connectivity index (χ1n) is 8.03. The lowest BCUT2D eigenvalue weighted by Crippen LogP contribution is -2.45. The molecule has 0 saturated carbocycles. The summed E-state index contributed by atoms with van der Waals surface area (Å²) < 4.78 is 0.911. The van der Waals surface area contributed by atoms with E-state index >= 15 is 0 Å². The number of fused-ring (bicyclic) bond motifs is 1. The normalized spacial score (nSPS) is 13.6. The van der Waals surface area contributed by atoms with Crippen molar-refractivity contribution in [2.24, 2.45) is 0 Å². The first-order valence-corrected chi connectivity index (χ1v) is 8.82. The van der Waals surface area contributed by atoms with Gasteiger partial charge in [0, 0.05) is 21.4 Å². The second kappa shape index (κ2) is 6.57. The number of halogens is 1. The first kappa shape index (κ1) is 18.1. The molecular weight excluding hydrogens is 398 g/mol. The van der Waals surface area contributed by atoms with Crippen molar-refractivity contribution >= 4 is 45.2 Å². The maximum Gasteiger partial charge on any atom is 0.323 e. The van der Waals surface area contributed by atoms with Gasteiger partial charge in [0.25, 0.3) is 11.8 Å². The Labute approximate surface area is 159 Å². The average molecular weight is 416 g/mol. The zero-order valence-electron chi connectivity index (χ0n) is 14.6. The van der Waals surface area contributed by atoms with Gasteiger partial charge in [-0.05, 0) is 63.2 Å². The van der Waals surface area contributed by atoms with Gasteiger partial charge in [0.05, 0.1) is 11.1 Å². The zero-order valence-corrected chi connectivity index (χ0v) is 16.2. The van der Waals surface area contributed by atoms with Crippen molar-refractivity contribution < 1.29 is 14.4 Å². The minimum Gasteiger partial charge on any atom is -0.308 e. The zero-order chi connectivity index (χ0) is 19.1. The highest BCUT2D eigenvalue weighted by molar-refractivity contribution is 9.10. The minimum atomic E-state index is -0.611. The van der Waals surface area contributed by atoms with Gasteiger partial charge < -0.3 is 10.6 Å². The van der Waals surface area contributed by atoms with Gasteiger partial charge >= 0.3 is 6.03 Å². The number of carbonyl (C=O) groups excluding carboxylic acids is 3. The fourth-order valence-electron chi connectivity index (χ4n) is 2.75. The third-order valence-electron chi connectivity index (χ3n) is 3.92. The van der Waals surface area contributed by atoms with E-state index in [1.165, 1.54) is 11.0 Å². The molecule has 134 valence electrons. The number of anilines is 2. The lowest BCUT2D eigenvalue weighted by molar-refractivity contribution is 0.0507. The van der Waals surface area contributed by atoms with E-state index in [1.54, 1.807) is 45.0 Å². The fourth-order valence-corrected chi connectivity index (χ4v) is 3.02. The Morgan fingerprint density at radius 1 is 0.885 bits per heavy atom. The van der Waals surface area contributed by atoms with Gasteiger partial charge in [-0.25, -0.2) is 4.79 Å². The molecule has 0 saturated heterocycles. The molecule has 0 atom stereocenters. The Kier molecular flexibility index (Phi) is 4.58. The van der Waals surface area contributed by atoms with Crippen LogP contribution in [0.1, 0.15) is 41.5 Å². The Morgan fingerprint density at radius 2 is 1.42 bits per heavy atom. The molecule has 0 aromatic heterocycles. The fraction of sp³-hybridized carbons (Fsp3) is 0.211. The molecule has 0 spiro atoms. The lowest BCUT2D eigenvalue weighted by atomic mass is 10.1. The maximum atomic E-state index is 12.6. The van der Waals surface area contributed by atoms with Gasteiger partial charge in [0.1, 0.15) is 0 Å². The van der Waals surface area contributed by atoms with Crippen LogP contribution in [0.3, 0.4) is 0 Å². The van der Waals surface area contributed by atoms with E-state index in [1.807, 2.05) is 12.1 Å². The van der Waals surface area contributed by atoms with Crippen molar-refractivity contribution in [1.82, 2.24) is 4.90 Å². The van der Waals surface area contributed by atoms with Crippen LogP contribution in [-0.4, -0.2) is 28.3 Å².